The molecule has 5 atom stereocenters. The molecule has 0 bridgehead atoms. The molecule has 5 unspecified atom stereocenters. The van der Waals surface area contributed by atoms with E-state index >= 15 is 0 Å². The van der Waals surface area contributed by atoms with Gasteiger partial charge < -0.3 is 57.4 Å². The number of unbranched alkanes of at least 4 members (excludes halogenated alkanes) is 4. The fourth-order valence-electron chi connectivity index (χ4n) is 3.11. The van der Waals surface area contributed by atoms with E-state index in [1.54, 1.807) is 0 Å². The maximum atomic E-state index is 3.90. The molecule has 0 fully saturated rings. The maximum absolute atomic E-state index is 3.90. The van der Waals surface area contributed by atoms with Gasteiger partial charge in [0, 0.05) is 131 Å². The predicted octanol–water partition coefficient (Wildman–Crippen LogP) is 15.6. The van der Waals surface area contributed by atoms with Crippen LogP contribution in [0.5, 0.6) is 0 Å². The van der Waals surface area contributed by atoms with Crippen LogP contribution in [0.1, 0.15) is 179 Å². The van der Waals surface area contributed by atoms with Crippen molar-refractivity contribution in [2.24, 2.45) is 29.6 Å². The van der Waals surface area contributed by atoms with Crippen LogP contribution in [-0.2, 0) is 131 Å². The van der Waals surface area contributed by atoms with Gasteiger partial charge in [0.05, 0.1) is 0 Å². The van der Waals surface area contributed by atoms with Gasteiger partial charge in [-0.15, -0.1) is 0 Å². The molecule has 0 N–H and O–H groups in total. The second-order valence-corrected chi connectivity index (χ2v) is 11.4. The Balaban J connectivity index is -0.0000000252. The van der Waals surface area contributed by atoms with Gasteiger partial charge in [0.15, 0.2) is 0 Å². The molecule has 0 aliphatic rings. The van der Waals surface area contributed by atoms with E-state index in [2.05, 4.69) is 90.0 Å². The molecule has 4 radical (unpaired) electrons. The van der Waals surface area contributed by atoms with Gasteiger partial charge in [0.25, 0.3) is 0 Å². The van der Waals surface area contributed by atoms with Gasteiger partial charge in [0.2, 0.25) is 0 Å². The van der Waals surface area contributed by atoms with Crippen molar-refractivity contribution < 1.29 is 131 Å². The van der Waals surface area contributed by atoms with E-state index in [1.165, 1.54) is 83.5 Å². The molecular weight excluding hydrogens is 836 g/mol. The Morgan fingerprint density at radius 2 is 0.636 bits per heavy atom. The molecule has 44 heavy (non-hydrogen) atoms. The van der Waals surface area contributed by atoms with Gasteiger partial charge in [0.1, 0.15) is 0 Å². The first-order valence-electron chi connectivity index (χ1n) is 15.8. The van der Waals surface area contributed by atoms with Crippen molar-refractivity contribution in [1.82, 2.24) is 0 Å². The Bertz CT molecular complexity index is 325. The number of hydrogen-bond acceptors (Lipinski definition) is 0. The minimum absolute atomic E-state index is 0. The second kappa shape index (κ2) is 77.0. The van der Waals surface area contributed by atoms with Gasteiger partial charge in [-0.25, -0.2) is 0 Å². The molecular formula is C40H90Y4-8. The molecule has 0 spiro atoms. The molecule has 0 nitrogen and oxygen atoms in total. The first-order valence-corrected chi connectivity index (χ1v) is 15.8. The first-order chi connectivity index (χ1) is 16.6. The van der Waals surface area contributed by atoms with E-state index in [0.29, 0.717) is 0 Å². The number of rotatable bonds is 18. The largest absolute Gasteiger partial charge is 0.358 e. The van der Waals surface area contributed by atoms with Gasteiger partial charge in [-0.2, -0.15) is 25.7 Å². The van der Waals surface area contributed by atoms with E-state index in [9.17, 15) is 0 Å². The molecule has 0 heterocycles. The van der Waals surface area contributed by atoms with Gasteiger partial charge in [-0.3, -0.25) is 0 Å². The third-order valence-electron chi connectivity index (χ3n) is 7.56. The molecule has 0 amide bonds. The van der Waals surface area contributed by atoms with Crippen LogP contribution in [0.3, 0.4) is 0 Å². The standard InChI is InChI=1S/C11H23.C10H21.C8H17.C6H13.CH4.4CH3.4Y/c1-5-10(3)8-7-9-11(4)6-2;1-4-6-7-8-9-10(3)5-2;1-4-6-7-8(3)5-2;1-4-6(3)5-2;;;;;;;;;/h10-11H,1,5-9H2,2-4H3;10H,1,4-9H2,2-3H3;8H,1,4-7H2,2-3H3;6H,1,4-5H2,2-3H3;1H4;4*1H3;;;;/q4*-1;;4*-1;;;;. The fraction of sp³-hybridized carbons (Fsp3) is 0.800. The monoisotopic (exact) mass is 926 g/mol. The molecule has 0 saturated carbocycles. The molecule has 0 aromatic heterocycles. The summed E-state index contributed by atoms with van der Waals surface area (Å²) in [5.74, 6) is 4.43. The van der Waals surface area contributed by atoms with Crippen LogP contribution in [0.2, 0.25) is 0 Å². The Kier molecular flexibility index (Phi) is 152. The quantitative estimate of drug-likeness (QED) is 0.0949. The Labute approximate surface area is 391 Å². The normalized spacial score (nSPS) is 11.7. The third kappa shape index (κ3) is 91.1. The summed E-state index contributed by atoms with van der Waals surface area (Å²) in [6.45, 7) is 35.7. The van der Waals surface area contributed by atoms with Crippen LogP contribution < -0.4 is 0 Å². The molecule has 270 valence electrons. The van der Waals surface area contributed by atoms with Crippen LogP contribution in [0.25, 0.3) is 0 Å². The zero-order chi connectivity index (χ0) is 27.9. The van der Waals surface area contributed by atoms with Crippen LogP contribution in [0.4, 0.5) is 0 Å². The van der Waals surface area contributed by atoms with Crippen molar-refractivity contribution in [2.45, 2.75) is 179 Å². The van der Waals surface area contributed by atoms with E-state index < -0.39 is 0 Å². The van der Waals surface area contributed by atoms with Crippen molar-refractivity contribution in [2.75, 3.05) is 0 Å². The third-order valence-corrected chi connectivity index (χ3v) is 7.56. The molecule has 0 aromatic rings. The predicted molar refractivity (Wildman–Crippen MR) is 201 cm³/mol. The average Bonchev–Trinajstić information content (AvgIpc) is 2.89. The Morgan fingerprint density at radius 3 is 0.886 bits per heavy atom. The van der Waals surface area contributed by atoms with E-state index in [1.807, 2.05) is 0 Å². The summed E-state index contributed by atoms with van der Waals surface area (Å²) in [5, 5.41) is 0. The minimum Gasteiger partial charge on any atom is -0.358 e. The summed E-state index contributed by atoms with van der Waals surface area (Å²) in [7, 11) is 0. The molecule has 0 aliphatic heterocycles. The summed E-state index contributed by atoms with van der Waals surface area (Å²) in [6.07, 6.45) is 22.0. The van der Waals surface area contributed by atoms with Crippen LogP contribution in [0, 0.1) is 87.0 Å². The van der Waals surface area contributed by atoms with Gasteiger partial charge >= 0.3 is 0 Å². The Morgan fingerprint density at radius 1 is 0.364 bits per heavy atom. The smallest absolute Gasteiger partial charge is 0 e. The summed E-state index contributed by atoms with van der Waals surface area (Å²) in [6, 6.07) is 0. The average molecular weight is 927 g/mol. The van der Waals surface area contributed by atoms with Gasteiger partial charge in [-0.1, -0.05) is 165 Å². The summed E-state index contributed by atoms with van der Waals surface area (Å²) in [5.41, 5.74) is 0. The maximum Gasteiger partial charge on any atom is 0 e. The molecule has 0 aromatic carbocycles. The topological polar surface area (TPSA) is 0 Å². The number of hydrogen-bond donors (Lipinski definition) is 0. The zero-order valence-electron chi connectivity index (χ0n) is 33.0. The summed E-state index contributed by atoms with van der Waals surface area (Å²) in [4.78, 5) is 0. The molecule has 0 aliphatic carbocycles. The second-order valence-electron chi connectivity index (χ2n) is 11.4. The van der Waals surface area contributed by atoms with Crippen LogP contribution in [0.15, 0.2) is 0 Å². The van der Waals surface area contributed by atoms with E-state index in [4.69, 9.17) is 0 Å². The molecule has 0 rings (SSSR count). The van der Waals surface area contributed by atoms with Crippen molar-refractivity contribution in [3.05, 3.63) is 57.4 Å². The zero-order valence-corrected chi connectivity index (χ0v) is 44.4. The van der Waals surface area contributed by atoms with Crippen LogP contribution in [-0.4, -0.2) is 0 Å². The Hall–Kier alpha value is 4.42. The van der Waals surface area contributed by atoms with Crippen molar-refractivity contribution >= 4 is 0 Å². The summed E-state index contributed by atoms with van der Waals surface area (Å²) >= 11 is 0. The van der Waals surface area contributed by atoms with Crippen molar-refractivity contribution in [3.8, 4) is 0 Å². The first kappa shape index (κ1) is 86.8. The molecule has 4 heteroatoms. The van der Waals surface area contributed by atoms with Crippen molar-refractivity contribution in [1.29, 1.82) is 0 Å². The van der Waals surface area contributed by atoms with Gasteiger partial charge in [-0.05, 0) is 17.8 Å². The van der Waals surface area contributed by atoms with Crippen molar-refractivity contribution in [3.63, 3.8) is 0 Å². The van der Waals surface area contributed by atoms with E-state index in [0.717, 1.165) is 55.3 Å². The van der Waals surface area contributed by atoms with Crippen LogP contribution >= 0.6 is 0 Å². The molecule has 0 saturated heterocycles. The SMILES string of the molecule is C.[CH2-]CC(C)CC.[CH2-]CC(C)CCCC(C)CC.[CH2-]CCCC(C)CC.[CH2-]CCCCCC(C)CC.[CH3-].[CH3-].[CH3-].[CH3-].[Y].[Y].[Y].[Y]. The minimum atomic E-state index is 0. The van der Waals surface area contributed by atoms with E-state index in [-0.39, 0.29) is 168 Å². The summed E-state index contributed by atoms with van der Waals surface area (Å²) < 4.78 is 0. The fourth-order valence-corrected chi connectivity index (χ4v) is 3.11.